The lowest BCUT2D eigenvalue weighted by Gasteiger charge is -2.28. The van der Waals surface area contributed by atoms with E-state index in [4.69, 9.17) is 14.2 Å². The highest BCUT2D eigenvalue weighted by Gasteiger charge is 2.33. The highest BCUT2D eigenvalue weighted by molar-refractivity contribution is 6.14. The molecular weight excluding hydrogens is 524 g/mol. The monoisotopic (exact) mass is 550 g/mol. The molecule has 0 radical (unpaired) electrons. The van der Waals surface area contributed by atoms with Crippen molar-refractivity contribution in [1.82, 2.24) is 0 Å². The maximum atomic E-state index is 12.2. The molecule has 0 N–H and O–H groups in total. The Morgan fingerprint density at radius 2 is 1.29 bits per heavy atom. The van der Waals surface area contributed by atoms with Gasteiger partial charge in [0.2, 0.25) is 0 Å². The van der Waals surface area contributed by atoms with E-state index in [0.717, 1.165) is 16.7 Å². The number of esters is 4. The van der Waals surface area contributed by atoms with Gasteiger partial charge in [-0.2, -0.15) is 0 Å². The van der Waals surface area contributed by atoms with E-state index in [1.165, 1.54) is 12.1 Å². The van der Waals surface area contributed by atoms with Crippen LogP contribution in [0.25, 0.3) is 0 Å². The molecule has 0 saturated heterocycles. The molecule has 3 aromatic carbocycles. The third-order valence-electron chi connectivity index (χ3n) is 7.73. The van der Waals surface area contributed by atoms with Crippen LogP contribution in [0.4, 0.5) is 0 Å². The fraction of sp³-hybridized carbons (Fsp3) is 0.212. The van der Waals surface area contributed by atoms with Crippen molar-refractivity contribution < 1.29 is 38.1 Å². The minimum atomic E-state index is -0.674. The first-order valence-corrected chi connectivity index (χ1v) is 13.2. The topological polar surface area (TPSA) is 105 Å². The highest BCUT2D eigenvalue weighted by Crippen LogP contribution is 2.37. The lowest BCUT2D eigenvalue weighted by Crippen LogP contribution is -2.26. The molecule has 0 aromatic heterocycles. The zero-order chi connectivity index (χ0) is 28.9. The number of cyclic esters (lactones) is 4. The number of fused-ring (bicyclic) bond motifs is 1. The average Bonchev–Trinajstić information content (AvgIpc) is 3.22. The van der Waals surface area contributed by atoms with E-state index in [0.29, 0.717) is 35.0 Å². The Hall–Kier alpha value is -4.98. The summed E-state index contributed by atoms with van der Waals surface area (Å²) in [6.07, 6.45) is 2.40. The van der Waals surface area contributed by atoms with Gasteiger partial charge in [-0.15, -0.1) is 0 Å². The summed E-state index contributed by atoms with van der Waals surface area (Å²) in [5.41, 5.74) is 3.45. The minimum absolute atomic E-state index is 0.0254. The Kier molecular flexibility index (Phi) is 6.33. The number of ether oxygens (including phenoxy) is 4. The molecule has 8 nitrogen and oxygen atoms in total. The van der Waals surface area contributed by atoms with E-state index in [-0.39, 0.29) is 28.9 Å². The van der Waals surface area contributed by atoms with Crippen molar-refractivity contribution in [3.63, 3.8) is 0 Å². The number of carbonyl (C=O) groups is 4. The normalized spacial score (nSPS) is 18.3. The Labute approximate surface area is 236 Å². The van der Waals surface area contributed by atoms with Crippen LogP contribution in [0.1, 0.15) is 65.5 Å². The average molecular weight is 551 g/mol. The number of carbonyl (C=O) groups excluding carboxylic acids is 4. The van der Waals surface area contributed by atoms with Crippen LogP contribution in [0.15, 0.2) is 89.7 Å². The van der Waals surface area contributed by atoms with Crippen LogP contribution in [-0.2, 0) is 24.5 Å². The van der Waals surface area contributed by atoms with Crippen LogP contribution in [0.5, 0.6) is 17.2 Å². The molecule has 2 heterocycles. The fourth-order valence-corrected chi connectivity index (χ4v) is 5.28. The summed E-state index contributed by atoms with van der Waals surface area (Å²) in [5.74, 6) is -0.0996. The Balaban J connectivity index is 1.15. The largest absolute Gasteiger partial charge is 0.461 e. The van der Waals surface area contributed by atoms with E-state index in [9.17, 15) is 19.2 Å². The first kappa shape index (κ1) is 26.3. The molecule has 206 valence electrons. The maximum Gasteiger partial charge on any atom is 0.347 e. The molecule has 0 amide bonds. The molecule has 0 fully saturated rings. The molecule has 6 rings (SSSR count). The molecule has 3 aromatic rings. The van der Waals surface area contributed by atoms with Gasteiger partial charge in [0, 0.05) is 11.3 Å². The number of allylic oxidation sites excluding steroid dienone is 1. The van der Waals surface area contributed by atoms with Crippen LogP contribution >= 0.6 is 0 Å². The van der Waals surface area contributed by atoms with Gasteiger partial charge in [0.15, 0.2) is 0 Å². The Morgan fingerprint density at radius 1 is 0.707 bits per heavy atom. The highest BCUT2D eigenvalue weighted by atomic mass is 16.6. The lowest BCUT2D eigenvalue weighted by molar-refractivity contribution is -0.157. The van der Waals surface area contributed by atoms with Gasteiger partial charge in [0.25, 0.3) is 0 Å². The van der Waals surface area contributed by atoms with Crippen molar-refractivity contribution in [2.75, 3.05) is 0 Å². The molecule has 1 atom stereocenters. The molecule has 41 heavy (non-hydrogen) atoms. The van der Waals surface area contributed by atoms with Crippen LogP contribution in [0.2, 0.25) is 0 Å². The number of benzene rings is 3. The molecule has 0 saturated carbocycles. The zero-order valence-corrected chi connectivity index (χ0v) is 22.7. The SMILES string of the molecule is CC1CC2=C(C=C1Oc1ccc(C(C)(C)c3ccc(Oc4ccc5c(c4)C(=O)OC5=O)cc3)cc1)C(=O)OC(=O)C2. The molecule has 0 spiro atoms. The zero-order valence-electron chi connectivity index (χ0n) is 22.7. The summed E-state index contributed by atoms with van der Waals surface area (Å²) in [6.45, 7) is 6.25. The van der Waals surface area contributed by atoms with Crippen LogP contribution in [-0.4, -0.2) is 23.9 Å². The summed E-state index contributed by atoms with van der Waals surface area (Å²) in [4.78, 5) is 47.3. The van der Waals surface area contributed by atoms with Gasteiger partial charge in [-0.3, -0.25) is 4.79 Å². The first-order valence-electron chi connectivity index (χ1n) is 13.2. The second-order valence-electron chi connectivity index (χ2n) is 10.9. The molecule has 0 bridgehead atoms. The third kappa shape index (κ3) is 4.93. The van der Waals surface area contributed by atoms with Crippen LogP contribution in [0, 0.1) is 5.92 Å². The molecule has 3 aliphatic rings. The van der Waals surface area contributed by atoms with Crippen molar-refractivity contribution >= 4 is 23.9 Å². The molecule has 8 heteroatoms. The van der Waals surface area contributed by atoms with Crippen molar-refractivity contribution in [2.45, 2.75) is 39.0 Å². The van der Waals surface area contributed by atoms with E-state index >= 15 is 0 Å². The quantitative estimate of drug-likeness (QED) is 0.264. The Morgan fingerprint density at radius 3 is 1.95 bits per heavy atom. The van der Waals surface area contributed by atoms with Crippen molar-refractivity contribution in [1.29, 1.82) is 0 Å². The van der Waals surface area contributed by atoms with Gasteiger partial charge in [-0.05, 0) is 71.7 Å². The van der Waals surface area contributed by atoms with Crippen LogP contribution in [0.3, 0.4) is 0 Å². The summed E-state index contributed by atoms with van der Waals surface area (Å²) in [7, 11) is 0. The van der Waals surface area contributed by atoms with Gasteiger partial charge in [-0.1, -0.05) is 45.0 Å². The van der Waals surface area contributed by atoms with E-state index in [2.05, 4.69) is 18.6 Å². The molecule has 2 aliphatic heterocycles. The van der Waals surface area contributed by atoms with Gasteiger partial charge < -0.3 is 18.9 Å². The maximum absolute atomic E-state index is 12.2. The smallest absolute Gasteiger partial charge is 0.347 e. The number of hydrogen-bond donors (Lipinski definition) is 0. The molecule has 1 unspecified atom stereocenters. The standard InChI is InChI=1S/C33H26O8/c1-18-14-19-15-29(34)40-31(36)26(19)17-28(18)39-23-10-6-21(7-11-23)33(2,3)20-4-8-22(9-5-20)38-24-12-13-25-27(16-24)32(37)41-30(25)35/h4-13,16-18H,14-15H2,1-3H3. The summed E-state index contributed by atoms with van der Waals surface area (Å²) in [5, 5.41) is 0. The van der Waals surface area contributed by atoms with E-state index in [1.807, 2.05) is 55.5 Å². The van der Waals surface area contributed by atoms with Gasteiger partial charge in [0.05, 0.1) is 23.1 Å². The second-order valence-corrected chi connectivity index (χ2v) is 10.9. The van der Waals surface area contributed by atoms with Crippen molar-refractivity contribution in [3.05, 3.63) is 112 Å². The third-order valence-corrected chi connectivity index (χ3v) is 7.73. The predicted molar refractivity (Wildman–Crippen MR) is 147 cm³/mol. The Bertz CT molecular complexity index is 1670. The summed E-state index contributed by atoms with van der Waals surface area (Å²) < 4.78 is 21.5. The summed E-state index contributed by atoms with van der Waals surface area (Å²) >= 11 is 0. The van der Waals surface area contributed by atoms with Crippen molar-refractivity contribution in [2.24, 2.45) is 5.92 Å². The minimum Gasteiger partial charge on any atom is -0.461 e. The number of rotatable bonds is 6. The predicted octanol–water partition coefficient (Wildman–Crippen LogP) is 6.19. The molecule has 1 aliphatic carbocycles. The van der Waals surface area contributed by atoms with Gasteiger partial charge >= 0.3 is 23.9 Å². The lowest BCUT2D eigenvalue weighted by atomic mass is 9.78. The van der Waals surface area contributed by atoms with E-state index < -0.39 is 23.9 Å². The number of hydrogen-bond acceptors (Lipinski definition) is 8. The van der Waals surface area contributed by atoms with E-state index in [1.54, 1.807) is 12.1 Å². The van der Waals surface area contributed by atoms with Gasteiger partial charge in [-0.25, -0.2) is 14.4 Å². The van der Waals surface area contributed by atoms with Crippen molar-refractivity contribution in [3.8, 4) is 17.2 Å². The van der Waals surface area contributed by atoms with Crippen LogP contribution < -0.4 is 9.47 Å². The fourth-order valence-electron chi connectivity index (χ4n) is 5.28. The first-order chi connectivity index (χ1) is 19.6. The summed E-state index contributed by atoms with van der Waals surface area (Å²) in [6, 6.07) is 20.2. The molecular formula is C33H26O8. The van der Waals surface area contributed by atoms with Gasteiger partial charge in [0.1, 0.15) is 23.0 Å². The second kappa shape index (κ2) is 9.89.